The van der Waals surface area contributed by atoms with Gasteiger partial charge in [-0.25, -0.2) is 4.98 Å². The second-order valence-electron chi connectivity index (χ2n) is 4.17. The van der Waals surface area contributed by atoms with Crippen LogP contribution in [0.5, 0.6) is 0 Å². The number of nitrogens with zero attached hydrogens (tertiary/aromatic N) is 2. The molecular formula is C13H18CsN3O. The van der Waals surface area contributed by atoms with E-state index >= 15 is 0 Å². The number of aryl methyl sites for hydroxylation is 1. The second-order valence-corrected chi connectivity index (χ2v) is 4.17. The summed E-state index contributed by atoms with van der Waals surface area (Å²) in [6.07, 6.45) is 2.02. The SMILES string of the molecule is Cn1cnc2ccc(C3CNCCO3)cc21.[CH3-].[Cs+]. The minimum absolute atomic E-state index is 0. The molecule has 0 spiro atoms. The van der Waals surface area contributed by atoms with Gasteiger partial charge in [-0.3, -0.25) is 0 Å². The van der Waals surface area contributed by atoms with Gasteiger partial charge < -0.3 is 22.0 Å². The van der Waals surface area contributed by atoms with Crippen LogP contribution >= 0.6 is 0 Å². The fraction of sp³-hybridized carbons (Fsp3) is 0.385. The topological polar surface area (TPSA) is 39.1 Å². The molecule has 2 heterocycles. The molecule has 0 radical (unpaired) electrons. The Hall–Kier alpha value is 0.662. The standard InChI is InChI=1S/C12H15N3O.CH3.Cs/c1-15-8-14-10-3-2-9(6-11(10)15)12-7-13-4-5-16-12;;/h2-3,6,8,12-13H,4-5,7H2,1H3;1H3;/q;-1;+1. The van der Waals surface area contributed by atoms with Crippen LogP contribution in [-0.4, -0.2) is 29.2 Å². The Bertz CT molecular complexity index is 506. The van der Waals surface area contributed by atoms with Gasteiger partial charge in [0.2, 0.25) is 0 Å². The van der Waals surface area contributed by atoms with E-state index in [-0.39, 0.29) is 82.4 Å². The molecule has 1 N–H and O–H groups in total. The predicted molar refractivity (Wildman–Crippen MR) is 68.7 cm³/mol. The maximum atomic E-state index is 5.74. The quantitative estimate of drug-likeness (QED) is 0.638. The molecule has 18 heavy (non-hydrogen) atoms. The molecule has 1 aliphatic heterocycles. The van der Waals surface area contributed by atoms with Crippen molar-refractivity contribution in [1.82, 2.24) is 14.9 Å². The minimum Gasteiger partial charge on any atom is -0.371 e. The molecule has 1 aromatic heterocycles. The number of imidazole rings is 1. The molecule has 3 rings (SSSR count). The third-order valence-corrected chi connectivity index (χ3v) is 3.05. The van der Waals surface area contributed by atoms with Crippen LogP contribution in [0.3, 0.4) is 0 Å². The molecule has 1 aliphatic rings. The van der Waals surface area contributed by atoms with E-state index in [1.807, 2.05) is 17.9 Å². The third-order valence-electron chi connectivity index (χ3n) is 3.05. The molecule has 92 valence electrons. The summed E-state index contributed by atoms with van der Waals surface area (Å²) in [6, 6.07) is 6.33. The zero-order chi connectivity index (χ0) is 11.0. The van der Waals surface area contributed by atoms with E-state index in [0.717, 1.165) is 30.7 Å². The maximum Gasteiger partial charge on any atom is 1.00 e. The second kappa shape index (κ2) is 7.45. The molecule has 0 saturated carbocycles. The first-order valence-corrected chi connectivity index (χ1v) is 5.58. The fourth-order valence-electron chi connectivity index (χ4n) is 2.12. The van der Waals surface area contributed by atoms with Crippen molar-refractivity contribution in [3.05, 3.63) is 37.5 Å². The van der Waals surface area contributed by atoms with Crippen LogP contribution in [0.1, 0.15) is 11.7 Å². The fourth-order valence-corrected chi connectivity index (χ4v) is 2.12. The van der Waals surface area contributed by atoms with Gasteiger partial charge >= 0.3 is 68.9 Å². The Morgan fingerprint density at radius 3 is 3.00 bits per heavy atom. The summed E-state index contributed by atoms with van der Waals surface area (Å²) in [5.41, 5.74) is 3.42. The Kier molecular flexibility index (Phi) is 6.91. The van der Waals surface area contributed by atoms with Crippen molar-refractivity contribution in [3.8, 4) is 0 Å². The number of benzene rings is 1. The van der Waals surface area contributed by atoms with Crippen molar-refractivity contribution in [1.29, 1.82) is 0 Å². The van der Waals surface area contributed by atoms with E-state index in [1.54, 1.807) is 0 Å². The van der Waals surface area contributed by atoms with Crippen molar-refractivity contribution in [3.63, 3.8) is 0 Å². The van der Waals surface area contributed by atoms with Crippen LogP contribution in [0.25, 0.3) is 11.0 Å². The van der Waals surface area contributed by atoms with E-state index in [2.05, 4.69) is 28.5 Å². The molecule has 0 amide bonds. The molecule has 1 fully saturated rings. The molecule has 5 heteroatoms. The van der Waals surface area contributed by atoms with E-state index < -0.39 is 0 Å². The number of hydrogen-bond donors (Lipinski definition) is 1. The van der Waals surface area contributed by atoms with Gasteiger partial charge in [0.25, 0.3) is 0 Å². The van der Waals surface area contributed by atoms with Crippen LogP contribution in [0, 0.1) is 7.43 Å². The number of ether oxygens (including phenoxy) is 1. The minimum atomic E-state index is 0. The first-order valence-electron chi connectivity index (χ1n) is 5.58. The number of fused-ring (bicyclic) bond motifs is 1. The van der Waals surface area contributed by atoms with E-state index in [0.29, 0.717) is 0 Å². The molecular weight excluding hydrogens is 347 g/mol. The molecule has 1 aromatic carbocycles. The van der Waals surface area contributed by atoms with Crippen LogP contribution in [0.15, 0.2) is 24.5 Å². The van der Waals surface area contributed by atoms with Gasteiger partial charge in [-0.15, -0.1) is 0 Å². The molecule has 1 atom stereocenters. The largest absolute Gasteiger partial charge is 1.00 e. The summed E-state index contributed by atoms with van der Waals surface area (Å²) in [6.45, 7) is 2.63. The van der Waals surface area contributed by atoms with Gasteiger partial charge in [-0.05, 0) is 17.7 Å². The van der Waals surface area contributed by atoms with E-state index in [1.165, 1.54) is 5.56 Å². The number of aromatic nitrogens is 2. The Morgan fingerprint density at radius 1 is 1.44 bits per heavy atom. The van der Waals surface area contributed by atoms with Gasteiger partial charge in [0.1, 0.15) is 0 Å². The van der Waals surface area contributed by atoms with Gasteiger partial charge in [0.05, 0.1) is 30.1 Å². The van der Waals surface area contributed by atoms with Crippen molar-refractivity contribution in [2.45, 2.75) is 6.10 Å². The summed E-state index contributed by atoms with van der Waals surface area (Å²) in [5.74, 6) is 0. The molecule has 0 aliphatic carbocycles. The van der Waals surface area contributed by atoms with Crippen LogP contribution < -0.4 is 74.2 Å². The van der Waals surface area contributed by atoms with Gasteiger partial charge in [0.15, 0.2) is 0 Å². The normalized spacial score (nSPS) is 19.1. The van der Waals surface area contributed by atoms with E-state index in [9.17, 15) is 0 Å². The van der Waals surface area contributed by atoms with Crippen molar-refractivity contribution < 1.29 is 73.6 Å². The van der Waals surface area contributed by atoms with Crippen LogP contribution in [0.4, 0.5) is 0 Å². The predicted octanol–water partition coefficient (Wildman–Crippen LogP) is -1.31. The molecule has 0 bridgehead atoms. The zero-order valence-corrected chi connectivity index (χ0v) is 17.6. The smallest absolute Gasteiger partial charge is 0.371 e. The number of hydrogen-bond acceptors (Lipinski definition) is 3. The summed E-state index contributed by atoms with van der Waals surface area (Å²) in [5, 5.41) is 3.34. The Balaban J connectivity index is 0.000000810. The number of rotatable bonds is 1. The molecule has 1 unspecified atom stereocenters. The third kappa shape index (κ3) is 3.40. The average molecular weight is 365 g/mol. The first kappa shape index (κ1) is 16.7. The van der Waals surface area contributed by atoms with E-state index in [4.69, 9.17) is 4.74 Å². The monoisotopic (exact) mass is 365 g/mol. The molecule has 1 saturated heterocycles. The Morgan fingerprint density at radius 2 is 2.28 bits per heavy atom. The van der Waals surface area contributed by atoms with Crippen LogP contribution in [-0.2, 0) is 11.8 Å². The summed E-state index contributed by atoms with van der Waals surface area (Å²) >= 11 is 0. The average Bonchev–Trinajstić information content (AvgIpc) is 2.72. The maximum absolute atomic E-state index is 5.74. The Labute approximate surface area is 167 Å². The number of nitrogens with one attached hydrogen (secondary N) is 1. The van der Waals surface area contributed by atoms with Crippen molar-refractivity contribution >= 4 is 11.0 Å². The first-order chi connectivity index (χ1) is 7.84. The zero-order valence-electron chi connectivity index (χ0n) is 11.3. The van der Waals surface area contributed by atoms with Gasteiger partial charge in [-0.2, -0.15) is 0 Å². The van der Waals surface area contributed by atoms with Gasteiger partial charge in [-0.1, -0.05) is 6.07 Å². The molecule has 2 aromatic rings. The summed E-state index contributed by atoms with van der Waals surface area (Å²) in [4.78, 5) is 4.31. The summed E-state index contributed by atoms with van der Waals surface area (Å²) in [7, 11) is 2.01. The number of morpholine rings is 1. The molecule has 4 nitrogen and oxygen atoms in total. The van der Waals surface area contributed by atoms with Crippen LogP contribution in [0.2, 0.25) is 0 Å². The van der Waals surface area contributed by atoms with Crippen molar-refractivity contribution in [2.75, 3.05) is 19.7 Å². The van der Waals surface area contributed by atoms with Crippen molar-refractivity contribution in [2.24, 2.45) is 7.05 Å². The summed E-state index contributed by atoms with van der Waals surface area (Å²) < 4.78 is 7.77. The van der Waals surface area contributed by atoms with Gasteiger partial charge in [0, 0.05) is 20.1 Å².